The minimum atomic E-state index is -1.10. The summed E-state index contributed by atoms with van der Waals surface area (Å²) in [4.78, 5) is 30.0. The zero-order valence-corrected chi connectivity index (χ0v) is 10.6. The average molecular weight is 279 g/mol. The number of carbonyl (C=O) groups is 1. The molecule has 7 heteroatoms. The number of hydrogen-bond donors (Lipinski definition) is 3. The zero-order valence-electron chi connectivity index (χ0n) is 10.6. The van der Waals surface area contributed by atoms with E-state index in [0.717, 1.165) is 0 Å². The fourth-order valence-electron chi connectivity index (χ4n) is 2.61. The molecule has 3 N–H and O–H groups in total. The first kappa shape index (κ1) is 12.9. The van der Waals surface area contributed by atoms with Crippen LogP contribution in [0.2, 0.25) is 0 Å². The van der Waals surface area contributed by atoms with Gasteiger partial charge in [0.1, 0.15) is 6.17 Å². The lowest BCUT2D eigenvalue weighted by atomic mass is 10.1. The number of amides is 1. The molecule has 0 saturated carbocycles. The Labute approximate surface area is 113 Å². The molecule has 1 aromatic heterocycles. The van der Waals surface area contributed by atoms with Crippen molar-refractivity contribution in [3.63, 3.8) is 0 Å². The SMILES string of the molecule is O=C(c1ccc2[nH]c(=O)[nH]c2c1)N1C[C@@H](F)C[C@H]1CO. The zero-order chi connectivity index (χ0) is 14.3. The second-order valence-electron chi connectivity index (χ2n) is 4.97. The molecular formula is C13H14FN3O3. The Bertz CT molecular complexity index is 708. The van der Waals surface area contributed by atoms with Crippen LogP contribution in [0, 0.1) is 0 Å². The number of carbonyl (C=O) groups excluding carboxylic acids is 1. The highest BCUT2D eigenvalue weighted by molar-refractivity contribution is 5.97. The van der Waals surface area contributed by atoms with Crippen molar-refractivity contribution >= 4 is 16.9 Å². The van der Waals surface area contributed by atoms with Crippen LogP contribution in [0.15, 0.2) is 23.0 Å². The molecule has 2 atom stereocenters. The minimum Gasteiger partial charge on any atom is -0.394 e. The predicted molar refractivity (Wildman–Crippen MR) is 70.3 cm³/mol. The molecule has 1 aliphatic heterocycles. The summed E-state index contributed by atoms with van der Waals surface area (Å²) in [5.41, 5.74) is 1.15. The molecular weight excluding hydrogens is 265 g/mol. The molecule has 20 heavy (non-hydrogen) atoms. The molecule has 0 spiro atoms. The molecule has 1 aromatic carbocycles. The molecule has 0 radical (unpaired) electrons. The van der Waals surface area contributed by atoms with E-state index in [1.807, 2.05) is 0 Å². The number of H-pyrrole nitrogens is 2. The smallest absolute Gasteiger partial charge is 0.323 e. The Morgan fingerprint density at radius 2 is 2.15 bits per heavy atom. The van der Waals surface area contributed by atoms with E-state index in [2.05, 4.69) is 9.97 Å². The number of aromatic nitrogens is 2. The molecule has 0 bridgehead atoms. The first-order chi connectivity index (χ1) is 9.58. The third-order valence-electron chi connectivity index (χ3n) is 3.60. The molecule has 1 amide bonds. The molecule has 0 aliphatic carbocycles. The quantitative estimate of drug-likeness (QED) is 0.743. The van der Waals surface area contributed by atoms with Crippen LogP contribution in [-0.4, -0.2) is 51.2 Å². The van der Waals surface area contributed by atoms with Gasteiger partial charge in [0.05, 0.1) is 30.2 Å². The number of hydrogen-bond acceptors (Lipinski definition) is 3. The van der Waals surface area contributed by atoms with Crippen LogP contribution < -0.4 is 5.69 Å². The fraction of sp³-hybridized carbons (Fsp3) is 0.385. The van der Waals surface area contributed by atoms with Crippen LogP contribution >= 0.6 is 0 Å². The highest BCUT2D eigenvalue weighted by Gasteiger charge is 2.35. The number of nitrogens with zero attached hydrogens (tertiary/aromatic N) is 1. The van der Waals surface area contributed by atoms with Gasteiger partial charge in [-0.05, 0) is 18.2 Å². The Morgan fingerprint density at radius 1 is 1.40 bits per heavy atom. The molecule has 1 fully saturated rings. The van der Waals surface area contributed by atoms with E-state index < -0.39 is 12.2 Å². The summed E-state index contributed by atoms with van der Waals surface area (Å²) in [6.45, 7) is -0.263. The lowest BCUT2D eigenvalue weighted by Gasteiger charge is -2.22. The third-order valence-corrected chi connectivity index (χ3v) is 3.60. The van der Waals surface area contributed by atoms with Gasteiger partial charge in [0, 0.05) is 12.0 Å². The fourth-order valence-corrected chi connectivity index (χ4v) is 2.61. The average Bonchev–Trinajstić information content (AvgIpc) is 2.98. The van der Waals surface area contributed by atoms with Crippen molar-refractivity contribution in [1.82, 2.24) is 14.9 Å². The lowest BCUT2D eigenvalue weighted by Crippen LogP contribution is -2.37. The number of aliphatic hydroxyl groups is 1. The van der Waals surface area contributed by atoms with E-state index >= 15 is 0 Å². The number of halogens is 1. The van der Waals surface area contributed by atoms with Crippen molar-refractivity contribution in [2.75, 3.05) is 13.2 Å². The van der Waals surface area contributed by atoms with E-state index in [1.54, 1.807) is 18.2 Å². The molecule has 1 saturated heterocycles. The highest BCUT2D eigenvalue weighted by atomic mass is 19.1. The van der Waals surface area contributed by atoms with Gasteiger partial charge in [0.25, 0.3) is 5.91 Å². The third kappa shape index (κ3) is 2.09. The van der Waals surface area contributed by atoms with Gasteiger partial charge < -0.3 is 20.0 Å². The Morgan fingerprint density at radius 3 is 2.90 bits per heavy atom. The summed E-state index contributed by atoms with van der Waals surface area (Å²) >= 11 is 0. The van der Waals surface area contributed by atoms with Gasteiger partial charge in [0.2, 0.25) is 0 Å². The highest BCUT2D eigenvalue weighted by Crippen LogP contribution is 2.23. The normalized spacial score (nSPS) is 22.6. The van der Waals surface area contributed by atoms with Crippen molar-refractivity contribution in [3.05, 3.63) is 34.2 Å². The molecule has 0 unspecified atom stereocenters. The van der Waals surface area contributed by atoms with E-state index in [4.69, 9.17) is 0 Å². The van der Waals surface area contributed by atoms with Crippen LogP contribution in [-0.2, 0) is 0 Å². The number of likely N-dealkylation sites (tertiary alicyclic amines) is 1. The number of aliphatic hydroxyl groups excluding tert-OH is 1. The largest absolute Gasteiger partial charge is 0.394 e. The predicted octanol–water partition coefficient (Wildman–Crippen LogP) is 0.401. The van der Waals surface area contributed by atoms with Crippen molar-refractivity contribution < 1.29 is 14.3 Å². The van der Waals surface area contributed by atoms with Gasteiger partial charge in [-0.2, -0.15) is 0 Å². The number of fused-ring (bicyclic) bond motifs is 1. The lowest BCUT2D eigenvalue weighted by molar-refractivity contribution is 0.0673. The van der Waals surface area contributed by atoms with Gasteiger partial charge in [-0.3, -0.25) is 4.79 Å². The Kier molecular flexibility index (Phi) is 3.06. The van der Waals surface area contributed by atoms with Crippen molar-refractivity contribution in [2.24, 2.45) is 0 Å². The number of aromatic amines is 2. The maximum Gasteiger partial charge on any atom is 0.323 e. The summed E-state index contributed by atoms with van der Waals surface area (Å²) in [5.74, 6) is -0.340. The molecule has 6 nitrogen and oxygen atoms in total. The number of imidazole rings is 1. The van der Waals surface area contributed by atoms with E-state index in [0.29, 0.717) is 16.6 Å². The van der Waals surface area contributed by atoms with Crippen molar-refractivity contribution in [2.45, 2.75) is 18.6 Å². The van der Waals surface area contributed by atoms with Gasteiger partial charge in [0.15, 0.2) is 0 Å². The number of alkyl halides is 1. The van der Waals surface area contributed by atoms with Gasteiger partial charge in [-0.1, -0.05) is 0 Å². The molecule has 2 aromatic rings. The van der Waals surface area contributed by atoms with Gasteiger partial charge in [-0.25, -0.2) is 9.18 Å². The van der Waals surface area contributed by atoms with Gasteiger partial charge >= 0.3 is 5.69 Å². The monoisotopic (exact) mass is 279 g/mol. The second kappa shape index (κ2) is 4.75. The second-order valence-corrected chi connectivity index (χ2v) is 4.97. The molecule has 1 aliphatic rings. The van der Waals surface area contributed by atoms with Crippen molar-refractivity contribution in [1.29, 1.82) is 0 Å². The van der Waals surface area contributed by atoms with Crippen LogP contribution in [0.25, 0.3) is 11.0 Å². The summed E-state index contributed by atoms with van der Waals surface area (Å²) < 4.78 is 13.4. The van der Waals surface area contributed by atoms with Crippen LogP contribution in [0.3, 0.4) is 0 Å². The standard InChI is InChI=1S/C13H14FN3O3/c14-8-4-9(6-18)17(5-8)12(19)7-1-2-10-11(3-7)16-13(20)15-10/h1-3,8-9,18H,4-6H2,(H2,15,16,20)/t8-,9-/m0/s1. The summed E-state index contributed by atoms with van der Waals surface area (Å²) in [5, 5.41) is 9.21. The molecule has 2 heterocycles. The van der Waals surface area contributed by atoms with E-state index in [9.17, 15) is 19.1 Å². The van der Waals surface area contributed by atoms with Crippen LogP contribution in [0.5, 0.6) is 0 Å². The number of nitrogens with one attached hydrogen (secondary N) is 2. The van der Waals surface area contributed by atoms with Crippen molar-refractivity contribution in [3.8, 4) is 0 Å². The van der Waals surface area contributed by atoms with E-state index in [1.165, 1.54) is 4.90 Å². The first-order valence-corrected chi connectivity index (χ1v) is 6.36. The minimum absolute atomic E-state index is 0.00818. The Hall–Kier alpha value is -2.15. The summed E-state index contributed by atoms with van der Waals surface area (Å²) in [7, 11) is 0. The number of rotatable bonds is 2. The maximum absolute atomic E-state index is 13.4. The van der Waals surface area contributed by atoms with Crippen LogP contribution in [0.1, 0.15) is 16.8 Å². The molecule has 106 valence electrons. The maximum atomic E-state index is 13.4. The number of benzene rings is 1. The topological polar surface area (TPSA) is 89.2 Å². The Balaban J connectivity index is 1.93. The van der Waals surface area contributed by atoms with E-state index in [-0.39, 0.29) is 31.2 Å². The van der Waals surface area contributed by atoms with Gasteiger partial charge in [-0.15, -0.1) is 0 Å². The summed E-state index contributed by atoms with van der Waals surface area (Å²) in [6, 6.07) is 4.26. The molecule has 3 rings (SSSR count). The summed E-state index contributed by atoms with van der Waals surface area (Å²) in [6.07, 6.45) is -0.947. The van der Waals surface area contributed by atoms with Crippen LogP contribution in [0.4, 0.5) is 4.39 Å². The first-order valence-electron chi connectivity index (χ1n) is 6.36.